The Balaban J connectivity index is 0.000000150. The molecule has 0 saturated carbocycles. The number of aryl methyl sites for hydroxylation is 8. The molecule has 0 radical (unpaired) electrons. The molecule has 0 heterocycles. The summed E-state index contributed by atoms with van der Waals surface area (Å²) in [5.74, 6) is 0. The third-order valence-corrected chi connectivity index (χ3v) is 7.21. The highest BCUT2D eigenvalue weighted by Gasteiger charge is 1.97. The van der Waals surface area contributed by atoms with Crippen molar-refractivity contribution in [2.75, 3.05) is 0 Å². The van der Waals surface area contributed by atoms with Crippen LogP contribution in [0.5, 0.6) is 0 Å². The molecule has 0 spiro atoms. The summed E-state index contributed by atoms with van der Waals surface area (Å²) in [6.45, 7) is 17.0. The van der Waals surface area contributed by atoms with E-state index in [2.05, 4.69) is 177 Å². The molecule has 6 aromatic rings. The molecule has 6 rings (SSSR count). The Hall–Kier alpha value is -4.16. The normalized spacial score (nSPS) is 10.0. The topological polar surface area (TPSA) is 0 Å². The summed E-state index contributed by atoms with van der Waals surface area (Å²) >= 11 is 0. The minimum atomic E-state index is 1.33. The number of benzene rings is 6. The number of hydrogen-bond acceptors (Lipinski definition) is 0. The first-order valence-corrected chi connectivity index (χ1v) is 14.1. The molecule has 40 heavy (non-hydrogen) atoms. The van der Waals surface area contributed by atoms with Gasteiger partial charge in [0.1, 0.15) is 0 Å². The van der Waals surface area contributed by atoms with Crippen LogP contribution in [0.1, 0.15) is 44.5 Å². The molecule has 0 bridgehead atoms. The van der Waals surface area contributed by atoms with Crippen LogP contribution in [-0.4, -0.2) is 0 Å². The van der Waals surface area contributed by atoms with Gasteiger partial charge in [-0.15, -0.1) is 0 Å². The van der Waals surface area contributed by atoms with Gasteiger partial charge in [0, 0.05) is 0 Å². The highest BCUT2D eigenvalue weighted by atomic mass is 14.0. The van der Waals surface area contributed by atoms with Gasteiger partial charge in [-0.05, 0) is 105 Å². The quantitative estimate of drug-likeness (QED) is 0.185. The minimum absolute atomic E-state index is 1.33. The predicted octanol–water partition coefficient (Wildman–Crippen LogP) is 11.5. The van der Waals surface area contributed by atoms with E-state index in [9.17, 15) is 0 Å². The Kier molecular flexibility index (Phi) is 11.3. The van der Waals surface area contributed by atoms with Crippen LogP contribution in [0.15, 0.2) is 121 Å². The van der Waals surface area contributed by atoms with Crippen molar-refractivity contribution in [2.24, 2.45) is 0 Å². The molecule has 0 aliphatic heterocycles. The van der Waals surface area contributed by atoms with Crippen LogP contribution in [0.2, 0.25) is 0 Å². The van der Waals surface area contributed by atoms with Crippen LogP contribution in [0.3, 0.4) is 0 Å². The Bertz CT molecular complexity index is 1590. The van der Waals surface area contributed by atoms with E-state index >= 15 is 0 Å². The zero-order valence-electron chi connectivity index (χ0n) is 25.5. The number of hydrogen-bond donors (Lipinski definition) is 0. The average molecular weight is 525 g/mol. The molecule has 6 aromatic carbocycles. The second kappa shape index (κ2) is 14.8. The monoisotopic (exact) mass is 524 g/mol. The number of fused-ring (bicyclic) bond motifs is 2. The zero-order valence-corrected chi connectivity index (χ0v) is 25.5. The molecule has 0 saturated heterocycles. The third-order valence-electron chi connectivity index (χ3n) is 7.21. The largest absolute Gasteiger partial charge is 0.0620 e. The molecule has 0 aliphatic rings. The zero-order chi connectivity index (χ0) is 29.1. The van der Waals surface area contributed by atoms with E-state index in [-0.39, 0.29) is 0 Å². The molecule has 0 heteroatoms. The van der Waals surface area contributed by atoms with Gasteiger partial charge in [-0.25, -0.2) is 0 Å². The average Bonchev–Trinajstić information content (AvgIpc) is 2.94. The summed E-state index contributed by atoms with van der Waals surface area (Å²) < 4.78 is 0. The van der Waals surface area contributed by atoms with E-state index in [0.29, 0.717) is 0 Å². The van der Waals surface area contributed by atoms with Gasteiger partial charge in [-0.2, -0.15) is 0 Å². The Morgan fingerprint density at radius 1 is 0.275 bits per heavy atom. The van der Waals surface area contributed by atoms with Gasteiger partial charge in [-0.3, -0.25) is 0 Å². The molecule has 0 N–H and O–H groups in total. The van der Waals surface area contributed by atoms with Gasteiger partial charge in [0.2, 0.25) is 0 Å². The molecule has 0 nitrogen and oxygen atoms in total. The highest BCUT2D eigenvalue weighted by Crippen LogP contribution is 2.21. The second-order valence-electron chi connectivity index (χ2n) is 10.8. The molecule has 0 unspecified atom stereocenters. The van der Waals surface area contributed by atoms with Crippen LogP contribution in [0.4, 0.5) is 0 Å². The fourth-order valence-corrected chi connectivity index (χ4v) is 4.64. The molecule has 0 fully saturated rings. The van der Waals surface area contributed by atoms with Crippen molar-refractivity contribution in [3.05, 3.63) is 166 Å². The van der Waals surface area contributed by atoms with Crippen molar-refractivity contribution < 1.29 is 0 Å². The maximum Gasteiger partial charge on any atom is -0.0152 e. The fraction of sp³-hybridized carbons (Fsp3) is 0.200. The molecule has 0 amide bonds. The van der Waals surface area contributed by atoms with E-state index in [1.54, 1.807) is 0 Å². The summed E-state index contributed by atoms with van der Waals surface area (Å²) in [6.07, 6.45) is 0. The van der Waals surface area contributed by atoms with Gasteiger partial charge in [0.15, 0.2) is 0 Å². The second-order valence-corrected chi connectivity index (χ2v) is 10.8. The Labute approximate surface area is 242 Å². The van der Waals surface area contributed by atoms with Crippen molar-refractivity contribution in [3.8, 4) is 0 Å². The standard InChI is InChI=1S/2C12H12.2C8H10/c1-9-6-7-12-10(2)4-3-5-11(12)8-9;1-9-7-8-10(2)12-6-4-3-5-11(9)12;1-7-4-3-5-8(2)6-7;1-7-5-3-4-6-8(7)2/h2*3-8H,1-2H3;2*3-6H,1-2H3. The maximum atomic E-state index is 2.22. The van der Waals surface area contributed by atoms with Crippen molar-refractivity contribution >= 4 is 21.5 Å². The molecule has 0 aromatic heterocycles. The predicted molar refractivity (Wildman–Crippen MR) is 179 cm³/mol. The minimum Gasteiger partial charge on any atom is -0.0620 e. The SMILES string of the molecule is Cc1ccc(C)c2ccccc12.Cc1ccc2c(C)cccc2c1.Cc1cccc(C)c1.Cc1ccccc1C. The third kappa shape index (κ3) is 8.95. The first-order valence-electron chi connectivity index (χ1n) is 14.1. The van der Waals surface area contributed by atoms with Crippen LogP contribution >= 0.6 is 0 Å². The van der Waals surface area contributed by atoms with Gasteiger partial charge in [0.05, 0.1) is 0 Å². The lowest BCUT2D eigenvalue weighted by Gasteiger charge is -2.03. The fourth-order valence-electron chi connectivity index (χ4n) is 4.64. The van der Waals surface area contributed by atoms with Crippen LogP contribution < -0.4 is 0 Å². The van der Waals surface area contributed by atoms with E-state index < -0.39 is 0 Å². The van der Waals surface area contributed by atoms with Gasteiger partial charge < -0.3 is 0 Å². The maximum absolute atomic E-state index is 2.22. The number of rotatable bonds is 0. The molecular formula is C40H44. The van der Waals surface area contributed by atoms with E-state index in [4.69, 9.17) is 0 Å². The molecular weight excluding hydrogens is 480 g/mol. The van der Waals surface area contributed by atoms with Crippen molar-refractivity contribution in [3.63, 3.8) is 0 Å². The summed E-state index contributed by atoms with van der Waals surface area (Å²) in [5.41, 5.74) is 10.8. The van der Waals surface area contributed by atoms with Crippen LogP contribution in [0.25, 0.3) is 21.5 Å². The first kappa shape index (κ1) is 30.4. The smallest absolute Gasteiger partial charge is 0.0152 e. The van der Waals surface area contributed by atoms with Gasteiger partial charge >= 0.3 is 0 Å². The lowest BCUT2D eigenvalue weighted by atomic mass is 10.0. The lowest BCUT2D eigenvalue weighted by molar-refractivity contribution is 1.34. The lowest BCUT2D eigenvalue weighted by Crippen LogP contribution is -1.80. The summed E-state index contributed by atoms with van der Waals surface area (Å²) in [4.78, 5) is 0. The summed E-state index contributed by atoms with van der Waals surface area (Å²) in [7, 11) is 0. The van der Waals surface area contributed by atoms with Gasteiger partial charge in [0.25, 0.3) is 0 Å². The van der Waals surface area contributed by atoms with Crippen molar-refractivity contribution in [2.45, 2.75) is 55.4 Å². The molecule has 0 aliphatic carbocycles. The van der Waals surface area contributed by atoms with Crippen molar-refractivity contribution in [1.82, 2.24) is 0 Å². The first-order chi connectivity index (χ1) is 19.2. The van der Waals surface area contributed by atoms with Crippen molar-refractivity contribution in [1.29, 1.82) is 0 Å². The Morgan fingerprint density at radius 2 is 0.700 bits per heavy atom. The summed E-state index contributed by atoms with van der Waals surface area (Å²) in [6, 6.07) is 42.7. The van der Waals surface area contributed by atoms with E-state index in [0.717, 1.165) is 0 Å². The van der Waals surface area contributed by atoms with E-state index in [1.807, 2.05) is 0 Å². The molecule has 204 valence electrons. The van der Waals surface area contributed by atoms with E-state index in [1.165, 1.54) is 66.1 Å². The Morgan fingerprint density at radius 3 is 1.18 bits per heavy atom. The van der Waals surface area contributed by atoms with Crippen LogP contribution in [-0.2, 0) is 0 Å². The van der Waals surface area contributed by atoms with Crippen LogP contribution in [0, 0.1) is 55.4 Å². The highest BCUT2D eigenvalue weighted by molar-refractivity contribution is 5.88. The molecule has 0 atom stereocenters. The van der Waals surface area contributed by atoms with Gasteiger partial charge in [-0.1, -0.05) is 138 Å². The summed E-state index contributed by atoms with van der Waals surface area (Å²) in [5, 5.41) is 5.45.